The normalized spacial score (nSPS) is 18.1. The molecule has 2 aromatic heterocycles. The van der Waals surface area contributed by atoms with Gasteiger partial charge in [-0.25, -0.2) is 9.78 Å². The van der Waals surface area contributed by atoms with Gasteiger partial charge in [0.05, 0.1) is 18.1 Å². The molecule has 0 N–H and O–H groups in total. The van der Waals surface area contributed by atoms with E-state index in [1.165, 1.54) is 5.56 Å². The number of hydrogen-bond donors (Lipinski definition) is 0. The number of aryl methyl sites for hydroxylation is 3. The Morgan fingerprint density at radius 3 is 2.60 bits per heavy atom. The van der Waals surface area contributed by atoms with Gasteiger partial charge in [-0.15, -0.1) is 0 Å². The molecule has 6 rings (SSSR count). The van der Waals surface area contributed by atoms with Crippen LogP contribution in [0.15, 0.2) is 84.0 Å². The van der Waals surface area contributed by atoms with Crippen molar-refractivity contribution in [1.29, 1.82) is 0 Å². The summed E-state index contributed by atoms with van der Waals surface area (Å²) in [5.74, 6) is -0.103. The van der Waals surface area contributed by atoms with Crippen LogP contribution >= 0.6 is 27.5 Å². The molecule has 1 aliphatic heterocycles. The maximum Gasteiger partial charge on any atom is 0.411 e. The molecule has 2 atom stereocenters. The van der Waals surface area contributed by atoms with Crippen molar-refractivity contribution in [3.05, 3.63) is 117 Å². The molecule has 2 aromatic carbocycles. The lowest BCUT2D eigenvalue weighted by Crippen LogP contribution is -2.62. The molecular weight excluding hydrogens is 692 g/mol. The van der Waals surface area contributed by atoms with Gasteiger partial charge in [0.25, 0.3) is 0 Å². The molecule has 2 aliphatic rings. The number of ether oxygens (including phenoxy) is 1. The number of imidazole rings is 1. The number of aromatic nitrogens is 3. The summed E-state index contributed by atoms with van der Waals surface area (Å²) in [4.78, 5) is 43.6. The summed E-state index contributed by atoms with van der Waals surface area (Å²) < 4.78 is 8.82. The Balaban J connectivity index is 1.36. The van der Waals surface area contributed by atoms with Crippen molar-refractivity contribution in [3.8, 4) is 0 Å². The molecule has 252 valence electrons. The summed E-state index contributed by atoms with van der Waals surface area (Å²) in [6, 6.07) is 17.2. The van der Waals surface area contributed by atoms with Gasteiger partial charge in [-0.05, 0) is 96.4 Å². The maximum absolute atomic E-state index is 14.8. The van der Waals surface area contributed by atoms with Crippen LogP contribution in [0.5, 0.6) is 0 Å². The summed E-state index contributed by atoms with van der Waals surface area (Å²) in [7, 11) is 0. The third-order valence-corrected chi connectivity index (χ3v) is 9.58. The number of fused-ring (bicyclic) bond motifs is 2. The second-order valence-corrected chi connectivity index (χ2v) is 14.9. The lowest BCUT2D eigenvalue weighted by Gasteiger charge is -2.45. The molecule has 1 saturated heterocycles. The fraction of sp³-hybridized carbons (Fsp3) is 0.405. The van der Waals surface area contributed by atoms with Gasteiger partial charge in [0.2, 0.25) is 5.91 Å². The quantitative estimate of drug-likeness (QED) is 0.196. The number of hydrogen-bond acceptors (Lipinski definition) is 6. The molecule has 2 amide bonds. The van der Waals surface area contributed by atoms with Crippen molar-refractivity contribution < 1.29 is 14.3 Å². The molecule has 1 aliphatic carbocycles. The number of amides is 2. The van der Waals surface area contributed by atoms with Crippen LogP contribution in [0.2, 0.25) is 5.02 Å². The minimum atomic E-state index is -0.761. The molecular formula is C37H42BrClN6O3. The Kier molecular flexibility index (Phi) is 10.5. The van der Waals surface area contributed by atoms with Crippen LogP contribution in [-0.4, -0.2) is 79.1 Å². The minimum absolute atomic E-state index is 0.103. The molecule has 11 heteroatoms. The Morgan fingerprint density at radius 1 is 1.06 bits per heavy atom. The van der Waals surface area contributed by atoms with Gasteiger partial charge >= 0.3 is 6.09 Å². The fourth-order valence-electron chi connectivity index (χ4n) is 6.72. The van der Waals surface area contributed by atoms with E-state index in [1.807, 2.05) is 85.1 Å². The van der Waals surface area contributed by atoms with Crippen molar-refractivity contribution >= 4 is 39.5 Å². The number of rotatable bonds is 8. The number of carbonyl (C=O) groups is 2. The molecule has 3 heterocycles. The van der Waals surface area contributed by atoms with Crippen LogP contribution in [0, 0.1) is 0 Å². The van der Waals surface area contributed by atoms with Gasteiger partial charge in [-0.2, -0.15) is 0 Å². The van der Waals surface area contributed by atoms with E-state index in [9.17, 15) is 9.59 Å². The van der Waals surface area contributed by atoms with Gasteiger partial charge in [-0.1, -0.05) is 48.0 Å². The van der Waals surface area contributed by atoms with Crippen LogP contribution in [0.4, 0.5) is 4.79 Å². The monoisotopic (exact) mass is 732 g/mol. The maximum atomic E-state index is 14.8. The smallest absolute Gasteiger partial charge is 0.411 e. The predicted molar refractivity (Wildman–Crippen MR) is 190 cm³/mol. The van der Waals surface area contributed by atoms with E-state index in [0.717, 1.165) is 52.7 Å². The summed E-state index contributed by atoms with van der Waals surface area (Å²) in [6.07, 6.45) is 9.23. The Bertz CT molecular complexity index is 1680. The third kappa shape index (κ3) is 8.10. The largest absolute Gasteiger partial charge is 0.444 e. The van der Waals surface area contributed by atoms with Gasteiger partial charge in [0.15, 0.2) is 0 Å². The molecule has 0 bridgehead atoms. The van der Waals surface area contributed by atoms with E-state index < -0.39 is 17.7 Å². The van der Waals surface area contributed by atoms with Crippen molar-refractivity contribution in [1.82, 2.24) is 29.2 Å². The number of nitrogens with zero attached hydrogens (tertiary/aromatic N) is 6. The highest BCUT2D eigenvalue weighted by Crippen LogP contribution is 2.39. The highest BCUT2D eigenvalue weighted by atomic mass is 79.9. The molecule has 4 aromatic rings. The first-order chi connectivity index (χ1) is 23.1. The van der Waals surface area contributed by atoms with E-state index in [2.05, 4.69) is 37.9 Å². The molecule has 0 spiro atoms. The van der Waals surface area contributed by atoms with Gasteiger partial charge < -0.3 is 14.2 Å². The zero-order valence-electron chi connectivity index (χ0n) is 27.7. The minimum Gasteiger partial charge on any atom is -0.444 e. The number of carbonyl (C=O) groups excluding carboxylic acids is 2. The molecule has 0 saturated carbocycles. The zero-order valence-corrected chi connectivity index (χ0v) is 30.0. The molecule has 0 radical (unpaired) electrons. The Morgan fingerprint density at radius 2 is 1.85 bits per heavy atom. The molecule has 9 nitrogen and oxygen atoms in total. The topological polar surface area (TPSA) is 83.8 Å². The van der Waals surface area contributed by atoms with E-state index in [0.29, 0.717) is 37.7 Å². The Hall–Kier alpha value is -3.73. The van der Waals surface area contributed by atoms with Crippen molar-refractivity contribution in [2.24, 2.45) is 0 Å². The van der Waals surface area contributed by atoms with E-state index in [-0.39, 0.29) is 11.9 Å². The predicted octanol–water partition coefficient (Wildman–Crippen LogP) is 6.92. The third-order valence-electron chi connectivity index (χ3n) is 8.91. The molecule has 0 unspecified atom stereocenters. The standard InChI is InChI=1S/C37H42BrClN6O3/c1-37(2,3)48-36(47)45-19-18-43(34-31-13-12-30(39)21-27(31)10-11-28-20-29(38)22-41-33(28)34)24-32(45)35(46)44(23-26-8-5-4-6-9-26)16-7-15-42-17-14-40-25-42/h4-6,8-9,12-14,17,20-22,25,32,34H,7,10-11,15-16,18-19,23-24H2,1-3H3/t32-,34-/m1/s1. The summed E-state index contributed by atoms with van der Waals surface area (Å²) in [6.45, 7) is 8.45. The van der Waals surface area contributed by atoms with Crippen LogP contribution in [0.3, 0.4) is 0 Å². The zero-order chi connectivity index (χ0) is 33.8. The lowest BCUT2D eigenvalue weighted by molar-refractivity contribution is -0.140. The van der Waals surface area contributed by atoms with E-state index >= 15 is 0 Å². The van der Waals surface area contributed by atoms with Gasteiger partial charge in [0.1, 0.15) is 11.6 Å². The Labute approximate surface area is 296 Å². The van der Waals surface area contributed by atoms with Crippen LogP contribution in [-0.2, 0) is 35.5 Å². The summed E-state index contributed by atoms with van der Waals surface area (Å²) >= 11 is 10.1. The summed E-state index contributed by atoms with van der Waals surface area (Å²) in [5.41, 5.74) is 4.76. The number of piperazine rings is 1. The van der Waals surface area contributed by atoms with Crippen molar-refractivity contribution in [3.63, 3.8) is 0 Å². The van der Waals surface area contributed by atoms with Gasteiger partial charge in [-0.3, -0.25) is 19.6 Å². The SMILES string of the molecule is CC(C)(C)OC(=O)N1CCN([C@@H]2c3ccc(Cl)cc3CCc3cc(Br)cnc32)C[C@@H]1C(=O)N(CCCn1ccnc1)Cc1ccccc1. The van der Waals surface area contributed by atoms with Crippen LogP contribution in [0.1, 0.15) is 61.2 Å². The first-order valence-corrected chi connectivity index (χ1v) is 17.7. The van der Waals surface area contributed by atoms with Crippen LogP contribution < -0.4 is 0 Å². The van der Waals surface area contributed by atoms with Gasteiger partial charge in [0, 0.05) is 67.4 Å². The summed E-state index contributed by atoms with van der Waals surface area (Å²) in [5, 5.41) is 0.697. The van der Waals surface area contributed by atoms with Crippen molar-refractivity contribution in [2.75, 3.05) is 26.2 Å². The second-order valence-electron chi connectivity index (χ2n) is 13.5. The first-order valence-electron chi connectivity index (χ1n) is 16.5. The van der Waals surface area contributed by atoms with E-state index in [4.69, 9.17) is 21.3 Å². The average molecular weight is 734 g/mol. The number of halogens is 2. The second kappa shape index (κ2) is 14.8. The van der Waals surface area contributed by atoms with E-state index in [1.54, 1.807) is 17.4 Å². The average Bonchev–Trinajstić information content (AvgIpc) is 3.52. The fourth-order valence-corrected chi connectivity index (χ4v) is 7.29. The highest BCUT2D eigenvalue weighted by molar-refractivity contribution is 9.10. The first kappa shape index (κ1) is 34.1. The number of benzene rings is 2. The lowest BCUT2D eigenvalue weighted by atomic mass is 9.95. The highest BCUT2D eigenvalue weighted by Gasteiger charge is 2.43. The van der Waals surface area contributed by atoms with Crippen LogP contribution in [0.25, 0.3) is 0 Å². The van der Waals surface area contributed by atoms with Crippen molar-refractivity contribution in [2.45, 2.75) is 70.8 Å². The molecule has 48 heavy (non-hydrogen) atoms. The molecule has 1 fully saturated rings. The number of pyridine rings is 1.